The molecule has 0 aromatic carbocycles. The second kappa shape index (κ2) is 4.49. The van der Waals surface area contributed by atoms with Crippen molar-refractivity contribution in [3.63, 3.8) is 0 Å². The predicted molar refractivity (Wildman–Crippen MR) is 35.0 cm³/mol. The summed E-state index contributed by atoms with van der Waals surface area (Å²) in [5, 5.41) is 0. The molecule has 7 heavy (non-hydrogen) atoms. The first kappa shape index (κ1) is 7.33. The van der Waals surface area contributed by atoms with Crippen LogP contribution in [0.15, 0.2) is 0 Å². The van der Waals surface area contributed by atoms with Gasteiger partial charge in [-0.2, -0.15) is 0 Å². The lowest BCUT2D eigenvalue weighted by Crippen LogP contribution is -1.90. The summed E-state index contributed by atoms with van der Waals surface area (Å²) >= 11 is 0. The second-order valence-corrected chi connectivity index (χ2v) is 2.43. The van der Waals surface area contributed by atoms with Crippen molar-refractivity contribution < 1.29 is 9.53 Å². The molecule has 0 saturated heterocycles. The molecular weight excluding hydrogens is 130 g/mol. The highest BCUT2D eigenvalue weighted by atomic mass is 32.0. The van der Waals surface area contributed by atoms with Gasteiger partial charge < -0.3 is 4.74 Å². The van der Waals surface area contributed by atoms with E-state index in [0.717, 1.165) is 0 Å². The molecule has 0 bridgehead atoms. The fraction of sp³-hybridized carbons (Fsp3) is 0.667. The Kier molecular flexibility index (Phi) is 4.70. The van der Waals surface area contributed by atoms with Gasteiger partial charge in [-0.25, -0.2) is 4.79 Å². The average Bonchev–Trinajstić information content (AvgIpc) is 1.68. The molecule has 2 atom stereocenters. The Morgan fingerprint density at radius 2 is 2.57 bits per heavy atom. The van der Waals surface area contributed by atoms with Crippen LogP contribution in [0.3, 0.4) is 0 Å². The van der Waals surface area contributed by atoms with Crippen molar-refractivity contribution in [3.8, 4) is 0 Å². The summed E-state index contributed by atoms with van der Waals surface area (Å²) in [5.74, 6) is 0. The fourth-order valence-corrected chi connectivity index (χ4v) is 0.650. The van der Waals surface area contributed by atoms with Gasteiger partial charge in [-0.15, -0.1) is 8.93 Å². The lowest BCUT2D eigenvalue weighted by Gasteiger charge is -1.93. The number of hydrogen-bond acceptors (Lipinski definition) is 2. The molecule has 0 aliphatic carbocycles. The molecule has 2 unspecified atom stereocenters. The lowest BCUT2D eigenvalue weighted by molar-refractivity contribution is 0.181. The first-order valence-electron chi connectivity index (χ1n) is 1.94. The maximum absolute atomic E-state index is 10.2. The van der Waals surface area contributed by atoms with Crippen LogP contribution in [-0.2, 0) is 4.74 Å². The number of carbonyl (C=O) groups is 1. The van der Waals surface area contributed by atoms with Gasteiger partial charge in [-0.1, -0.05) is 0 Å². The molecule has 0 saturated carbocycles. The molecule has 2 nitrogen and oxygen atoms in total. The topological polar surface area (TPSA) is 26.3 Å². The normalized spacial score (nSPS) is 10.0. The van der Waals surface area contributed by atoms with Crippen LogP contribution in [0.5, 0.6) is 0 Å². The summed E-state index contributed by atoms with van der Waals surface area (Å²) in [5.41, 5.74) is -0.132. The Labute approximate surface area is 46.9 Å². The van der Waals surface area contributed by atoms with Crippen LogP contribution >= 0.6 is 17.2 Å². The van der Waals surface area contributed by atoms with E-state index >= 15 is 0 Å². The third kappa shape index (κ3) is 4.18. The zero-order valence-electron chi connectivity index (χ0n) is 4.10. The van der Waals surface area contributed by atoms with E-state index in [1.54, 1.807) is 6.92 Å². The van der Waals surface area contributed by atoms with Crippen molar-refractivity contribution >= 4 is 22.9 Å². The van der Waals surface area contributed by atoms with Gasteiger partial charge in [0, 0.05) is 8.27 Å². The van der Waals surface area contributed by atoms with Crippen LogP contribution in [0.2, 0.25) is 0 Å². The molecule has 4 heteroatoms. The van der Waals surface area contributed by atoms with Gasteiger partial charge in [-0.05, 0) is 6.92 Å². The lowest BCUT2D eigenvalue weighted by atomic mass is 10.9. The van der Waals surface area contributed by atoms with Crippen LogP contribution in [0, 0.1) is 0 Å². The second-order valence-electron chi connectivity index (χ2n) is 0.865. The molecule has 42 valence electrons. The van der Waals surface area contributed by atoms with Crippen molar-refractivity contribution in [2.24, 2.45) is 0 Å². The Hall–Kier alpha value is 0.330. The summed E-state index contributed by atoms with van der Waals surface area (Å²) in [6, 6.07) is 0. The van der Waals surface area contributed by atoms with Crippen molar-refractivity contribution in [1.82, 2.24) is 0 Å². The first-order chi connectivity index (χ1) is 3.31. The standard InChI is InChI=1S/C3H8O2P2/c1-2-5-3(4)7-6/h7H,2,6H2,1H3. The van der Waals surface area contributed by atoms with Crippen LogP contribution in [-0.4, -0.2) is 12.3 Å². The molecule has 0 amide bonds. The minimum absolute atomic E-state index is 0.132. The molecule has 0 radical (unpaired) electrons. The molecule has 0 aromatic heterocycles. The van der Waals surface area contributed by atoms with Crippen molar-refractivity contribution in [2.75, 3.05) is 6.61 Å². The van der Waals surface area contributed by atoms with Crippen molar-refractivity contribution in [2.45, 2.75) is 6.92 Å². The molecule has 0 spiro atoms. The minimum Gasteiger partial charge on any atom is -0.463 e. The Morgan fingerprint density at radius 1 is 2.00 bits per heavy atom. The summed E-state index contributed by atoms with van der Waals surface area (Å²) < 4.78 is 4.54. The zero-order chi connectivity index (χ0) is 5.70. The minimum atomic E-state index is -0.132. The van der Waals surface area contributed by atoms with Crippen LogP contribution in [0.25, 0.3) is 0 Å². The highest BCUT2D eigenvalue weighted by Gasteiger charge is 1.91. The Balaban J connectivity index is 3.00. The Morgan fingerprint density at radius 3 is 2.71 bits per heavy atom. The molecule has 0 aliphatic heterocycles. The summed E-state index contributed by atoms with van der Waals surface area (Å²) in [4.78, 5) is 10.2. The van der Waals surface area contributed by atoms with Gasteiger partial charge in [0.05, 0.1) is 6.61 Å². The molecule has 0 N–H and O–H groups in total. The molecule has 0 aromatic rings. The van der Waals surface area contributed by atoms with Gasteiger partial charge >= 0.3 is 5.71 Å². The van der Waals surface area contributed by atoms with Gasteiger partial charge in [-0.3, -0.25) is 0 Å². The molecule has 0 heterocycles. The third-order valence-electron chi connectivity index (χ3n) is 0.393. The number of rotatable bonds is 2. The third-order valence-corrected chi connectivity index (χ3v) is 1.48. The van der Waals surface area contributed by atoms with Gasteiger partial charge in [0.1, 0.15) is 0 Å². The van der Waals surface area contributed by atoms with E-state index < -0.39 is 0 Å². The van der Waals surface area contributed by atoms with Crippen molar-refractivity contribution in [1.29, 1.82) is 0 Å². The maximum atomic E-state index is 10.2. The van der Waals surface area contributed by atoms with E-state index in [4.69, 9.17) is 0 Å². The van der Waals surface area contributed by atoms with Gasteiger partial charge in [0.15, 0.2) is 0 Å². The van der Waals surface area contributed by atoms with Crippen molar-refractivity contribution in [3.05, 3.63) is 0 Å². The smallest absolute Gasteiger partial charge is 0.326 e. The van der Waals surface area contributed by atoms with E-state index in [1.807, 2.05) is 0 Å². The predicted octanol–water partition coefficient (Wildman–Crippen LogP) is 1.61. The fourth-order valence-electron chi connectivity index (χ4n) is 0.173. The highest BCUT2D eigenvalue weighted by Crippen LogP contribution is 2.21. The number of hydrogen-bond donors (Lipinski definition) is 0. The molecule has 0 aliphatic rings. The van der Waals surface area contributed by atoms with E-state index in [1.165, 1.54) is 0 Å². The Bertz CT molecular complexity index is 64.0. The SMILES string of the molecule is CCOC(=O)PP. The molecular formula is C3H8O2P2. The van der Waals surface area contributed by atoms with Crippen LogP contribution in [0.1, 0.15) is 6.92 Å². The first-order valence-corrected chi connectivity index (χ1v) is 4.75. The summed E-state index contributed by atoms with van der Waals surface area (Å²) in [7, 11) is 2.52. The van der Waals surface area contributed by atoms with E-state index in [-0.39, 0.29) is 14.0 Å². The zero-order valence-corrected chi connectivity index (χ0v) is 6.26. The maximum Gasteiger partial charge on any atom is 0.326 e. The summed E-state index contributed by atoms with van der Waals surface area (Å²) in [6.07, 6.45) is 0. The van der Waals surface area contributed by atoms with Crippen LogP contribution < -0.4 is 0 Å². The van der Waals surface area contributed by atoms with Crippen LogP contribution in [0.4, 0.5) is 4.79 Å². The van der Waals surface area contributed by atoms with Gasteiger partial charge in [0.2, 0.25) is 0 Å². The summed E-state index contributed by atoms with van der Waals surface area (Å²) in [6.45, 7) is 2.28. The number of carbonyl (C=O) groups excluding carboxylic acids is 1. The average molecular weight is 138 g/mol. The molecule has 0 rings (SSSR count). The van der Waals surface area contributed by atoms with E-state index in [9.17, 15) is 4.79 Å². The van der Waals surface area contributed by atoms with E-state index in [2.05, 4.69) is 13.7 Å². The highest BCUT2D eigenvalue weighted by molar-refractivity contribution is 8.11. The van der Waals surface area contributed by atoms with E-state index in [0.29, 0.717) is 6.61 Å². The largest absolute Gasteiger partial charge is 0.463 e. The molecule has 0 fully saturated rings. The quantitative estimate of drug-likeness (QED) is 0.542. The van der Waals surface area contributed by atoms with Gasteiger partial charge in [0.25, 0.3) is 0 Å². The monoisotopic (exact) mass is 138 g/mol. The number of ether oxygens (including phenoxy) is 1.